The molecule has 0 aliphatic carbocycles. The van der Waals surface area contributed by atoms with Crippen LogP contribution in [0.5, 0.6) is 0 Å². The number of hydrogen-bond donors (Lipinski definition) is 2. The van der Waals surface area contributed by atoms with Crippen molar-refractivity contribution in [2.45, 2.75) is 46.1 Å². The van der Waals surface area contributed by atoms with Crippen LogP contribution < -0.4 is 10.0 Å². The zero-order valence-electron chi connectivity index (χ0n) is 13.7. The van der Waals surface area contributed by atoms with Gasteiger partial charge in [0.05, 0.1) is 12.7 Å². The van der Waals surface area contributed by atoms with E-state index in [2.05, 4.69) is 35.9 Å². The second kappa shape index (κ2) is 7.38. The van der Waals surface area contributed by atoms with Gasteiger partial charge in [-0.15, -0.1) is 0 Å². The van der Waals surface area contributed by atoms with E-state index in [0.717, 1.165) is 13.1 Å². The van der Waals surface area contributed by atoms with Gasteiger partial charge in [-0.05, 0) is 17.9 Å². The first-order chi connectivity index (χ1) is 9.66. The second-order valence-electron chi connectivity index (χ2n) is 6.41. The summed E-state index contributed by atoms with van der Waals surface area (Å²) in [5, 5.41) is 7.26. The molecule has 0 aliphatic heterocycles. The van der Waals surface area contributed by atoms with Gasteiger partial charge in [-0.2, -0.15) is 5.10 Å². The maximum atomic E-state index is 12.2. The molecule has 0 radical (unpaired) electrons. The molecule has 0 bridgehead atoms. The van der Waals surface area contributed by atoms with Crippen molar-refractivity contribution >= 4 is 10.0 Å². The molecule has 21 heavy (non-hydrogen) atoms. The summed E-state index contributed by atoms with van der Waals surface area (Å²) in [5.74, 6) is 0.246. The minimum atomic E-state index is -3.48. The van der Waals surface area contributed by atoms with Crippen molar-refractivity contribution in [2.75, 3.05) is 19.6 Å². The van der Waals surface area contributed by atoms with Crippen molar-refractivity contribution in [3.05, 3.63) is 12.4 Å². The largest absolute Gasteiger partial charge is 0.315 e. The van der Waals surface area contributed by atoms with E-state index >= 15 is 0 Å². The molecular weight excluding hydrogens is 288 g/mol. The fraction of sp³-hybridized carbons (Fsp3) is 0.786. The molecule has 1 rings (SSSR count). The quantitative estimate of drug-likeness (QED) is 0.712. The van der Waals surface area contributed by atoms with E-state index < -0.39 is 10.0 Å². The van der Waals surface area contributed by atoms with E-state index in [1.54, 1.807) is 10.9 Å². The predicted molar refractivity (Wildman–Crippen MR) is 84.6 cm³/mol. The van der Waals surface area contributed by atoms with Crippen LogP contribution in [0.2, 0.25) is 0 Å². The lowest BCUT2D eigenvalue weighted by molar-refractivity contribution is 0.263. The van der Waals surface area contributed by atoms with E-state index in [1.165, 1.54) is 6.20 Å². The molecule has 6 nitrogen and oxygen atoms in total. The van der Waals surface area contributed by atoms with Gasteiger partial charge in [-0.1, -0.05) is 34.6 Å². The van der Waals surface area contributed by atoms with Crippen molar-refractivity contribution in [1.82, 2.24) is 19.8 Å². The van der Waals surface area contributed by atoms with Gasteiger partial charge in [-0.25, -0.2) is 13.1 Å². The fourth-order valence-corrected chi connectivity index (χ4v) is 2.68. The molecular formula is C14H28N4O2S. The Morgan fingerprint density at radius 2 is 2.05 bits per heavy atom. The number of hydrogen-bond acceptors (Lipinski definition) is 4. The normalized spacial score (nSPS) is 14.3. The summed E-state index contributed by atoms with van der Waals surface area (Å²) in [5.41, 5.74) is 0.0680. The van der Waals surface area contributed by atoms with Crippen LogP contribution in [0.3, 0.4) is 0 Å². The summed E-state index contributed by atoms with van der Waals surface area (Å²) in [6.45, 7) is 13.1. The third-order valence-corrected chi connectivity index (χ3v) is 5.12. The summed E-state index contributed by atoms with van der Waals surface area (Å²) in [6.07, 6.45) is 2.97. The zero-order chi connectivity index (χ0) is 16.1. The second-order valence-corrected chi connectivity index (χ2v) is 8.18. The van der Waals surface area contributed by atoms with Crippen LogP contribution in [0, 0.1) is 11.3 Å². The molecule has 1 heterocycles. The molecule has 1 unspecified atom stereocenters. The Bertz CT molecular complexity index is 531. The molecule has 1 atom stereocenters. The Kier molecular flexibility index (Phi) is 6.37. The van der Waals surface area contributed by atoms with Gasteiger partial charge in [0.2, 0.25) is 10.0 Å². The summed E-state index contributed by atoms with van der Waals surface area (Å²) in [6, 6.07) is 0. The van der Waals surface area contributed by atoms with Gasteiger partial charge in [-0.3, -0.25) is 4.68 Å². The number of rotatable bonds is 8. The third-order valence-electron chi connectivity index (χ3n) is 3.75. The van der Waals surface area contributed by atoms with Crippen LogP contribution >= 0.6 is 0 Å². The lowest BCUT2D eigenvalue weighted by atomic mass is 9.82. The summed E-state index contributed by atoms with van der Waals surface area (Å²) in [4.78, 5) is 0.222. The molecule has 0 aromatic carbocycles. The first kappa shape index (κ1) is 18.1. The first-order valence-corrected chi connectivity index (χ1v) is 8.88. The average molecular weight is 316 g/mol. The van der Waals surface area contributed by atoms with Crippen LogP contribution in [0.4, 0.5) is 0 Å². The summed E-state index contributed by atoms with van der Waals surface area (Å²) < 4.78 is 28.8. The van der Waals surface area contributed by atoms with Gasteiger partial charge in [0.15, 0.2) is 0 Å². The molecule has 1 aromatic heterocycles. The van der Waals surface area contributed by atoms with Gasteiger partial charge in [0.25, 0.3) is 0 Å². The number of sulfonamides is 1. The molecule has 0 amide bonds. The predicted octanol–water partition coefficient (Wildman–Crippen LogP) is 1.45. The highest BCUT2D eigenvalue weighted by Crippen LogP contribution is 2.24. The van der Waals surface area contributed by atoms with E-state index in [1.807, 2.05) is 13.8 Å². The number of likely N-dealkylation sites (N-methyl/N-ethyl adjacent to an activating group) is 1. The van der Waals surface area contributed by atoms with Crippen LogP contribution in [-0.2, 0) is 16.6 Å². The maximum absolute atomic E-state index is 12.2. The number of nitrogens with zero attached hydrogens (tertiary/aromatic N) is 2. The number of nitrogens with one attached hydrogen (secondary N) is 2. The average Bonchev–Trinajstić information content (AvgIpc) is 2.85. The molecule has 0 fully saturated rings. The Morgan fingerprint density at radius 3 is 2.62 bits per heavy atom. The summed E-state index contributed by atoms with van der Waals surface area (Å²) in [7, 11) is -3.48. The SMILES string of the molecule is CCNCCn1cc(S(=O)(=O)NCC(C)C(C)(C)C)cn1. The van der Waals surface area contributed by atoms with Crippen LogP contribution in [0.15, 0.2) is 17.3 Å². The molecule has 0 saturated heterocycles. The zero-order valence-corrected chi connectivity index (χ0v) is 14.5. The van der Waals surface area contributed by atoms with Gasteiger partial charge in [0, 0.05) is 19.3 Å². The van der Waals surface area contributed by atoms with Crippen LogP contribution in [0.1, 0.15) is 34.6 Å². The number of aromatic nitrogens is 2. The van der Waals surface area contributed by atoms with Crippen molar-refractivity contribution in [2.24, 2.45) is 11.3 Å². The van der Waals surface area contributed by atoms with Gasteiger partial charge < -0.3 is 5.32 Å². The Morgan fingerprint density at radius 1 is 1.38 bits per heavy atom. The fourth-order valence-electron chi connectivity index (χ4n) is 1.60. The highest BCUT2D eigenvalue weighted by atomic mass is 32.2. The smallest absolute Gasteiger partial charge is 0.243 e. The molecule has 7 heteroatoms. The molecule has 1 aromatic rings. The first-order valence-electron chi connectivity index (χ1n) is 7.39. The van der Waals surface area contributed by atoms with Crippen LogP contribution in [-0.4, -0.2) is 37.8 Å². The Balaban J connectivity index is 2.62. The molecule has 0 aliphatic rings. The lowest BCUT2D eigenvalue weighted by Crippen LogP contribution is -2.33. The minimum absolute atomic E-state index is 0.0680. The van der Waals surface area contributed by atoms with E-state index in [-0.39, 0.29) is 16.2 Å². The van der Waals surface area contributed by atoms with Crippen molar-refractivity contribution in [3.8, 4) is 0 Å². The highest BCUT2D eigenvalue weighted by Gasteiger charge is 2.23. The summed E-state index contributed by atoms with van der Waals surface area (Å²) >= 11 is 0. The standard InChI is InChI=1S/C14H28N4O2S/c1-6-15-7-8-18-11-13(10-16-18)21(19,20)17-9-12(2)14(3,4)5/h10-12,15,17H,6-9H2,1-5H3. The van der Waals surface area contributed by atoms with Crippen molar-refractivity contribution < 1.29 is 8.42 Å². The molecule has 122 valence electrons. The van der Waals surface area contributed by atoms with Gasteiger partial charge >= 0.3 is 0 Å². The van der Waals surface area contributed by atoms with Crippen LogP contribution in [0.25, 0.3) is 0 Å². The third kappa shape index (κ3) is 5.76. The van der Waals surface area contributed by atoms with Crippen molar-refractivity contribution in [3.63, 3.8) is 0 Å². The highest BCUT2D eigenvalue weighted by molar-refractivity contribution is 7.89. The van der Waals surface area contributed by atoms with Crippen molar-refractivity contribution in [1.29, 1.82) is 0 Å². The van der Waals surface area contributed by atoms with E-state index in [4.69, 9.17) is 0 Å². The van der Waals surface area contributed by atoms with E-state index in [9.17, 15) is 8.42 Å². The maximum Gasteiger partial charge on any atom is 0.243 e. The molecule has 2 N–H and O–H groups in total. The minimum Gasteiger partial charge on any atom is -0.315 e. The monoisotopic (exact) mass is 316 g/mol. The van der Waals surface area contributed by atoms with Gasteiger partial charge in [0.1, 0.15) is 4.90 Å². The Labute approximate surface area is 128 Å². The topological polar surface area (TPSA) is 76.0 Å². The Hall–Kier alpha value is -0.920. The molecule has 0 saturated carbocycles. The lowest BCUT2D eigenvalue weighted by Gasteiger charge is -2.27. The van der Waals surface area contributed by atoms with E-state index in [0.29, 0.717) is 13.1 Å². The molecule has 0 spiro atoms.